The second-order valence-corrected chi connectivity index (χ2v) is 5.51. The van der Waals surface area contributed by atoms with E-state index in [0.29, 0.717) is 11.4 Å². The summed E-state index contributed by atoms with van der Waals surface area (Å²) in [6.07, 6.45) is -0.477. The van der Waals surface area contributed by atoms with Crippen LogP contribution >= 0.6 is 0 Å². The summed E-state index contributed by atoms with van der Waals surface area (Å²) in [7, 11) is 1.57. The van der Waals surface area contributed by atoms with Crippen LogP contribution in [0.5, 0.6) is 5.75 Å². The molecule has 1 aliphatic heterocycles. The van der Waals surface area contributed by atoms with Crippen LogP contribution in [-0.2, 0) is 11.2 Å². The number of anilines is 1. The van der Waals surface area contributed by atoms with Gasteiger partial charge in [-0.15, -0.1) is 0 Å². The molecule has 0 saturated carbocycles. The van der Waals surface area contributed by atoms with Crippen molar-refractivity contribution in [1.29, 1.82) is 0 Å². The maximum absolute atomic E-state index is 14.8. The van der Waals surface area contributed by atoms with Gasteiger partial charge in [0.15, 0.2) is 0 Å². The van der Waals surface area contributed by atoms with Crippen molar-refractivity contribution < 1.29 is 18.7 Å². The second kappa shape index (κ2) is 6.28. The van der Waals surface area contributed by atoms with Crippen LogP contribution < -0.4 is 9.64 Å². The summed E-state index contributed by atoms with van der Waals surface area (Å²) in [5, 5.41) is 0. The molecule has 1 saturated heterocycles. The Balaban J connectivity index is 1.70. The van der Waals surface area contributed by atoms with Gasteiger partial charge in [-0.05, 0) is 29.8 Å². The fourth-order valence-corrected chi connectivity index (χ4v) is 2.65. The molecule has 1 heterocycles. The zero-order valence-corrected chi connectivity index (χ0v) is 12.9. The Hall–Kier alpha value is -2.56. The molecule has 0 aromatic heterocycles. The number of carbonyl (C=O) groups is 1. The first-order chi connectivity index (χ1) is 11.1. The van der Waals surface area contributed by atoms with Crippen LogP contribution in [-0.4, -0.2) is 25.6 Å². The smallest absolute Gasteiger partial charge is 0.417 e. The molecule has 1 fully saturated rings. The molecular formula is C18H18FNO3. The predicted octanol–water partition coefficient (Wildman–Crippen LogP) is 3.95. The molecule has 0 aliphatic carbocycles. The van der Waals surface area contributed by atoms with Crippen LogP contribution in [0, 0.1) is 0 Å². The van der Waals surface area contributed by atoms with Crippen molar-refractivity contribution in [3.63, 3.8) is 0 Å². The van der Waals surface area contributed by atoms with Crippen molar-refractivity contribution in [2.45, 2.75) is 18.7 Å². The van der Waals surface area contributed by atoms with Crippen molar-refractivity contribution >= 4 is 11.8 Å². The van der Waals surface area contributed by atoms with Gasteiger partial charge in [0.1, 0.15) is 5.75 Å². The molecular weight excluding hydrogens is 297 g/mol. The van der Waals surface area contributed by atoms with Gasteiger partial charge in [0.25, 0.3) is 5.85 Å². The maximum Gasteiger partial charge on any atom is 0.417 e. The number of amides is 1. The fourth-order valence-electron chi connectivity index (χ4n) is 2.65. The van der Waals surface area contributed by atoms with E-state index in [1.807, 2.05) is 30.3 Å². The van der Waals surface area contributed by atoms with E-state index in [4.69, 9.17) is 9.47 Å². The molecule has 2 aromatic carbocycles. The molecule has 120 valence electrons. The summed E-state index contributed by atoms with van der Waals surface area (Å²) in [4.78, 5) is 13.6. The minimum absolute atomic E-state index is 0.0655. The van der Waals surface area contributed by atoms with E-state index < -0.39 is 11.9 Å². The topological polar surface area (TPSA) is 38.8 Å². The van der Waals surface area contributed by atoms with Crippen LogP contribution in [0.25, 0.3) is 0 Å². The number of halogens is 1. The standard InChI is InChI=1S/C18H18FNO3/c1-22-16-9-7-15(8-10-16)20-12-11-18(19,23-17(20)21)13-14-5-3-2-4-6-14/h2-10H,11-13H2,1H3. The van der Waals surface area contributed by atoms with E-state index in [0.717, 1.165) is 5.56 Å². The van der Waals surface area contributed by atoms with Crippen LogP contribution in [0.2, 0.25) is 0 Å². The molecule has 5 heteroatoms. The number of cyclic esters (lactones) is 1. The van der Waals surface area contributed by atoms with Crippen molar-refractivity contribution in [2.75, 3.05) is 18.6 Å². The Bertz CT molecular complexity index is 674. The molecule has 0 N–H and O–H groups in total. The van der Waals surface area contributed by atoms with Crippen LogP contribution in [0.3, 0.4) is 0 Å². The van der Waals surface area contributed by atoms with Gasteiger partial charge < -0.3 is 9.47 Å². The molecule has 0 bridgehead atoms. The van der Waals surface area contributed by atoms with E-state index in [1.165, 1.54) is 4.90 Å². The molecule has 2 aromatic rings. The average molecular weight is 315 g/mol. The summed E-state index contributed by atoms with van der Waals surface area (Å²) in [6, 6.07) is 16.2. The van der Waals surface area contributed by atoms with Crippen LogP contribution in [0.4, 0.5) is 14.9 Å². The number of hydrogen-bond donors (Lipinski definition) is 0. The Labute approximate surface area is 134 Å². The monoisotopic (exact) mass is 315 g/mol. The van der Waals surface area contributed by atoms with Crippen LogP contribution in [0.15, 0.2) is 54.6 Å². The molecule has 1 unspecified atom stereocenters. The average Bonchev–Trinajstić information content (AvgIpc) is 2.56. The summed E-state index contributed by atoms with van der Waals surface area (Å²) in [5.41, 5.74) is 1.47. The molecule has 0 radical (unpaired) electrons. The van der Waals surface area contributed by atoms with E-state index in [9.17, 15) is 9.18 Å². The highest BCUT2D eigenvalue weighted by molar-refractivity contribution is 5.88. The van der Waals surface area contributed by atoms with Gasteiger partial charge in [-0.25, -0.2) is 4.79 Å². The Morgan fingerprint density at radius 1 is 1.17 bits per heavy atom. The van der Waals surface area contributed by atoms with Crippen LogP contribution in [0.1, 0.15) is 12.0 Å². The summed E-state index contributed by atoms with van der Waals surface area (Å²) in [6.45, 7) is 0.272. The van der Waals surface area contributed by atoms with Gasteiger partial charge >= 0.3 is 6.09 Å². The van der Waals surface area contributed by atoms with Gasteiger partial charge in [0.05, 0.1) is 7.11 Å². The van der Waals surface area contributed by atoms with Crippen molar-refractivity contribution in [3.8, 4) is 5.75 Å². The lowest BCUT2D eigenvalue weighted by Gasteiger charge is -2.36. The number of nitrogens with zero attached hydrogens (tertiary/aromatic N) is 1. The predicted molar refractivity (Wildman–Crippen MR) is 85.4 cm³/mol. The first kappa shape index (κ1) is 15.3. The first-order valence-corrected chi connectivity index (χ1v) is 7.47. The zero-order chi connectivity index (χ0) is 16.3. The van der Waals surface area contributed by atoms with E-state index >= 15 is 0 Å². The lowest BCUT2D eigenvalue weighted by Crippen LogP contribution is -2.48. The SMILES string of the molecule is COc1ccc(N2CCC(F)(Cc3ccccc3)OC2=O)cc1. The van der Waals surface area contributed by atoms with Crippen molar-refractivity contribution in [1.82, 2.24) is 0 Å². The molecule has 4 nitrogen and oxygen atoms in total. The highest BCUT2D eigenvalue weighted by atomic mass is 19.2. The maximum atomic E-state index is 14.8. The molecule has 23 heavy (non-hydrogen) atoms. The summed E-state index contributed by atoms with van der Waals surface area (Å²) in [5.74, 6) is -1.26. The number of ether oxygens (including phenoxy) is 2. The normalized spacial score (nSPS) is 21.0. The largest absolute Gasteiger partial charge is 0.497 e. The van der Waals surface area contributed by atoms with Crippen molar-refractivity contribution in [2.24, 2.45) is 0 Å². The van der Waals surface area contributed by atoms with Gasteiger partial charge in [-0.1, -0.05) is 30.3 Å². The number of rotatable bonds is 4. The molecule has 1 aliphatic rings. The third-order valence-corrected chi connectivity index (χ3v) is 3.89. The highest BCUT2D eigenvalue weighted by Gasteiger charge is 2.41. The third-order valence-electron chi connectivity index (χ3n) is 3.89. The minimum Gasteiger partial charge on any atom is -0.497 e. The molecule has 3 rings (SSSR count). The van der Waals surface area contributed by atoms with Crippen molar-refractivity contribution in [3.05, 3.63) is 60.2 Å². The zero-order valence-electron chi connectivity index (χ0n) is 12.9. The number of alkyl halides is 1. The lowest BCUT2D eigenvalue weighted by molar-refractivity contribution is -0.107. The van der Waals surface area contributed by atoms with E-state index in [2.05, 4.69) is 0 Å². The minimum atomic E-state index is -1.96. The number of carbonyl (C=O) groups excluding carboxylic acids is 1. The quantitative estimate of drug-likeness (QED) is 0.857. The number of methoxy groups -OCH3 is 1. The Kier molecular flexibility index (Phi) is 4.19. The Morgan fingerprint density at radius 3 is 2.48 bits per heavy atom. The molecule has 1 amide bonds. The van der Waals surface area contributed by atoms with Gasteiger partial charge in [0, 0.05) is 25.1 Å². The number of benzene rings is 2. The van der Waals surface area contributed by atoms with Gasteiger partial charge in [0.2, 0.25) is 0 Å². The third kappa shape index (κ3) is 3.44. The lowest BCUT2D eigenvalue weighted by atomic mass is 10.0. The fraction of sp³-hybridized carbons (Fsp3) is 0.278. The molecule has 0 spiro atoms. The molecule has 1 atom stereocenters. The Morgan fingerprint density at radius 2 is 1.87 bits per heavy atom. The van der Waals surface area contributed by atoms with Gasteiger partial charge in [-0.3, -0.25) is 4.90 Å². The summed E-state index contributed by atoms with van der Waals surface area (Å²) >= 11 is 0. The highest BCUT2D eigenvalue weighted by Crippen LogP contribution is 2.32. The second-order valence-electron chi connectivity index (χ2n) is 5.51. The number of hydrogen-bond acceptors (Lipinski definition) is 3. The van der Waals surface area contributed by atoms with E-state index in [-0.39, 0.29) is 19.4 Å². The first-order valence-electron chi connectivity index (χ1n) is 7.47. The summed E-state index contributed by atoms with van der Waals surface area (Å²) < 4.78 is 25.0. The van der Waals surface area contributed by atoms with E-state index in [1.54, 1.807) is 31.4 Å². The van der Waals surface area contributed by atoms with Gasteiger partial charge in [-0.2, -0.15) is 4.39 Å².